The third-order valence-corrected chi connectivity index (χ3v) is 7.21. The molecule has 7 heteroatoms. The number of alkyl carbamates (subject to hydrolysis) is 1. The van der Waals surface area contributed by atoms with Gasteiger partial charge in [0.05, 0.1) is 11.8 Å². The van der Waals surface area contributed by atoms with Crippen molar-refractivity contribution in [3.05, 3.63) is 59.7 Å². The number of carboxylic acid groups (broad SMARTS) is 1. The Hall–Kier alpha value is -3.35. The number of nitrogens with one attached hydrogen (secondary N) is 1. The lowest BCUT2D eigenvalue weighted by atomic mass is 9.86. The second-order valence-corrected chi connectivity index (χ2v) is 9.31. The molecular weight excluding hydrogens is 432 g/mol. The third kappa shape index (κ3) is 4.79. The predicted octanol–water partition coefficient (Wildman–Crippen LogP) is 4.12. The number of amides is 2. The molecule has 34 heavy (non-hydrogen) atoms. The van der Waals surface area contributed by atoms with Gasteiger partial charge in [0.25, 0.3) is 0 Å². The molecule has 0 spiro atoms. The number of fused-ring (bicyclic) bond motifs is 3. The van der Waals surface area contributed by atoms with E-state index in [1.807, 2.05) is 38.1 Å². The predicted molar refractivity (Wildman–Crippen MR) is 128 cm³/mol. The first kappa shape index (κ1) is 23.8. The van der Waals surface area contributed by atoms with Crippen molar-refractivity contribution in [1.82, 2.24) is 10.2 Å². The normalized spacial score (nSPS) is 20.2. The third-order valence-electron chi connectivity index (χ3n) is 7.21. The molecule has 1 aliphatic carbocycles. The zero-order chi connectivity index (χ0) is 24.2. The SMILES string of the molecule is CCC(CNC(=O)OCC1c2ccccc2-c2ccccc21)C(=O)N1CCC(C(=O)O)C(C)C1. The first-order chi connectivity index (χ1) is 16.4. The fourth-order valence-electron chi connectivity index (χ4n) is 5.23. The molecule has 1 heterocycles. The molecule has 2 aromatic rings. The molecule has 180 valence electrons. The number of aliphatic carboxylic acids is 1. The Morgan fingerprint density at radius 1 is 1.09 bits per heavy atom. The first-order valence-electron chi connectivity index (χ1n) is 12.0. The van der Waals surface area contributed by atoms with Gasteiger partial charge in [0.1, 0.15) is 6.61 Å². The molecule has 3 atom stereocenters. The minimum absolute atomic E-state index is 0.0150. The second-order valence-electron chi connectivity index (χ2n) is 9.31. The summed E-state index contributed by atoms with van der Waals surface area (Å²) in [6.07, 6.45) is 0.500. The van der Waals surface area contributed by atoms with E-state index in [-0.39, 0.29) is 36.8 Å². The van der Waals surface area contributed by atoms with Crippen LogP contribution in [0.3, 0.4) is 0 Å². The monoisotopic (exact) mass is 464 g/mol. The van der Waals surface area contributed by atoms with Gasteiger partial charge in [-0.3, -0.25) is 9.59 Å². The van der Waals surface area contributed by atoms with E-state index >= 15 is 0 Å². The number of rotatable bonds is 7. The number of likely N-dealkylation sites (tertiary alicyclic amines) is 1. The molecule has 2 aromatic carbocycles. The standard InChI is InChI=1S/C27H32N2O5/c1-3-18(25(30)29-13-12-19(26(31)32)17(2)15-29)14-28-27(33)34-16-24-22-10-6-4-8-20(22)21-9-5-7-11-23(21)24/h4-11,17-19,24H,3,12-16H2,1-2H3,(H,28,33)(H,31,32). The summed E-state index contributed by atoms with van der Waals surface area (Å²) < 4.78 is 5.58. The fraction of sp³-hybridized carbons (Fsp3) is 0.444. The van der Waals surface area contributed by atoms with Crippen molar-refractivity contribution in [3.8, 4) is 11.1 Å². The number of piperidine rings is 1. The Balaban J connectivity index is 1.31. The highest BCUT2D eigenvalue weighted by molar-refractivity contribution is 5.81. The first-order valence-corrected chi connectivity index (χ1v) is 12.0. The maximum absolute atomic E-state index is 13.0. The molecule has 2 N–H and O–H groups in total. The lowest BCUT2D eigenvalue weighted by Crippen LogP contribution is -2.48. The van der Waals surface area contributed by atoms with Crippen LogP contribution in [0.15, 0.2) is 48.5 Å². The van der Waals surface area contributed by atoms with Gasteiger partial charge in [0.2, 0.25) is 5.91 Å². The van der Waals surface area contributed by atoms with E-state index in [1.165, 1.54) is 11.1 Å². The van der Waals surface area contributed by atoms with E-state index in [1.54, 1.807) is 4.90 Å². The molecular formula is C27H32N2O5. The smallest absolute Gasteiger partial charge is 0.407 e. The highest BCUT2D eigenvalue weighted by Gasteiger charge is 2.35. The second kappa shape index (κ2) is 10.3. The zero-order valence-corrected chi connectivity index (χ0v) is 19.7. The largest absolute Gasteiger partial charge is 0.481 e. The Morgan fingerprint density at radius 2 is 1.71 bits per heavy atom. The molecule has 0 radical (unpaired) electrons. The van der Waals surface area contributed by atoms with Crippen molar-refractivity contribution in [2.45, 2.75) is 32.6 Å². The van der Waals surface area contributed by atoms with Gasteiger partial charge in [-0.2, -0.15) is 0 Å². The molecule has 0 saturated carbocycles. The summed E-state index contributed by atoms with van der Waals surface area (Å²) in [6.45, 7) is 5.06. The molecule has 1 aliphatic heterocycles. The number of carbonyl (C=O) groups excluding carboxylic acids is 2. The van der Waals surface area contributed by atoms with Crippen molar-refractivity contribution in [2.24, 2.45) is 17.8 Å². The number of benzene rings is 2. The Labute approximate surface area is 200 Å². The highest BCUT2D eigenvalue weighted by Crippen LogP contribution is 2.44. The molecule has 0 aromatic heterocycles. The molecule has 1 fully saturated rings. The van der Waals surface area contributed by atoms with E-state index in [0.29, 0.717) is 25.9 Å². The van der Waals surface area contributed by atoms with Crippen molar-refractivity contribution >= 4 is 18.0 Å². The fourth-order valence-corrected chi connectivity index (χ4v) is 5.23. The maximum atomic E-state index is 13.0. The van der Waals surface area contributed by atoms with Gasteiger partial charge in [-0.05, 0) is 41.0 Å². The van der Waals surface area contributed by atoms with Gasteiger partial charge in [-0.15, -0.1) is 0 Å². The van der Waals surface area contributed by atoms with E-state index < -0.39 is 18.0 Å². The van der Waals surface area contributed by atoms with Gasteiger partial charge in [0.15, 0.2) is 0 Å². The average Bonchev–Trinajstić information content (AvgIpc) is 3.16. The van der Waals surface area contributed by atoms with Gasteiger partial charge in [-0.1, -0.05) is 62.4 Å². The topological polar surface area (TPSA) is 95.9 Å². The quantitative estimate of drug-likeness (QED) is 0.643. The minimum Gasteiger partial charge on any atom is -0.481 e. The summed E-state index contributed by atoms with van der Waals surface area (Å²) in [7, 11) is 0. The number of ether oxygens (including phenoxy) is 1. The summed E-state index contributed by atoms with van der Waals surface area (Å²) in [6, 6.07) is 16.3. The van der Waals surface area contributed by atoms with E-state index in [2.05, 4.69) is 29.6 Å². The number of carbonyl (C=O) groups is 3. The van der Waals surface area contributed by atoms with Crippen LogP contribution in [0.4, 0.5) is 4.79 Å². The van der Waals surface area contributed by atoms with Gasteiger partial charge >= 0.3 is 12.1 Å². The highest BCUT2D eigenvalue weighted by atomic mass is 16.5. The summed E-state index contributed by atoms with van der Waals surface area (Å²) in [5.74, 6) is -1.74. The molecule has 7 nitrogen and oxygen atoms in total. The lowest BCUT2D eigenvalue weighted by molar-refractivity contribution is -0.149. The van der Waals surface area contributed by atoms with Crippen LogP contribution in [0, 0.1) is 17.8 Å². The molecule has 2 aliphatic rings. The van der Waals surface area contributed by atoms with Crippen LogP contribution in [0.5, 0.6) is 0 Å². The van der Waals surface area contributed by atoms with Crippen LogP contribution in [-0.2, 0) is 14.3 Å². The average molecular weight is 465 g/mol. The van der Waals surface area contributed by atoms with Crippen LogP contribution in [0.1, 0.15) is 43.7 Å². The molecule has 3 unspecified atom stereocenters. The van der Waals surface area contributed by atoms with Crippen LogP contribution in [-0.4, -0.2) is 54.2 Å². The van der Waals surface area contributed by atoms with E-state index in [0.717, 1.165) is 11.1 Å². The summed E-state index contributed by atoms with van der Waals surface area (Å²) in [5, 5.41) is 12.1. The zero-order valence-electron chi connectivity index (χ0n) is 19.7. The van der Waals surface area contributed by atoms with Gasteiger partial charge in [0, 0.05) is 25.6 Å². The summed E-state index contributed by atoms with van der Waals surface area (Å²) >= 11 is 0. The minimum atomic E-state index is -0.802. The number of carboxylic acids is 1. The van der Waals surface area contributed by atoms with Gasteiger partial charge < -0.3 is 20.1 Å². The number of hydrogen-bond acceptors (Lipinski definition) is 4. The van der Waals surface area contributed by atoms with Crippen molar-refractivity contribution in [1.29, 1.82) is 0 Å². The van der Waals surface area contributed by atoms with Crippen LogP contribution < -0.4 is 5.32 Å². The Morgan fingerprint density at radius 3 is 2.26 bits per heavy atom. The van der Waals surface area contributed by atoms with Crippen molar-refractivity contribution < 1.29 is 24.2 Å². The molecule has 0 bridgehead atoms. The molecule has 4 rings (SSSR count). The molecule has 1 saturated heterocycles. The van der Waals surface area contributed by atoms with Crippen LogP contribution >= 0.6 is 0 Å². The summed E-state index contributed by atoms with van der Waals surface area (Å²) in [5.41, 5.74) is 4.64. The summed E-state index contributed by atoms with van der Waals surface area (Å²) in [4.78, 5) is 38.6. The molecule has 2 amide bonds. The lowest BCUT2D eigenvalue weighted by Gasteiger charge is -2.36. The van der Waals surface area contributed by atoms with Gasteiger partial charge in [-0.25, -0.2) is 4.79 Å². The van der Waals surface area contributed by atoms with Crippen molar-refractivity contribution in [3.63, 3.8) is 0 Å². The Kier molecular flexibility index (Phi) is 7.20. The van der Waals surface area contributed by atoms with Crippen LogP contribution in [0.2, 0.25) is 0 Å². The van der Waals surface area contributed by atoms with E-state index in [4.69, 9.17) is 4.74 Å². The van der Waals surface area contributed by atoms with Crippen molar-refractivity contribution in [2.75, 3.05) is 26.2 Å². The van der Waals surface area contributed by atoms with E-state index in [9.17, 15) is 19.5 Å². The van der Waals surface area contributed by atoms with Crippen LogP contribution in [0.25, 0.3) is 11.1 Å². The maximum Gasteiger partial charge on any atom is 0.407 e. The number of nitrogens with zero attached hydrogens (tertiary/aromatic N) is 1. The Bertz CT molecular complexity index is 1020. The number of hydrogen-bond donors (Lipinski definition) is 2.